The molecule has 0 saturated carbocycles. The summed E-state index contributed by atoms with van der Waals surface area (Å²) in [5, 5.41) is 2.64. The Morgan fingerprint density at radius 3 is 2.36 bits per heavy atom. The molecule has 0 nitrogen and oxygen atoms in total. The van der Waals surface area contributed by atoms with Crippen LogP contribution in [-0.4, -0.2) is 0 Å². The van der Waals surface area contributed by atoms with Crippen LogP contribution in [0, 0.1) is 6.92 Å². The molecule has 0 heterocycles. The maximum atomic E-state index is 2.20. The van der Waals surface area contributed by atoms with Gasteiger partial charge in [0, 0.05) is 0 Å². The molecule has 0 aliphatic rings. The molecule has 0 amide bonds. The summed E-state index contributed by atoms with van der Waals surface area (Å²) in [6, 6.07) is 14.9. The molecule has 11 heavy (non-hydrogen) atoms. The van der Waals surface area contributed by atoms with Gasteiger partial charge in [-0.1, -0.05) is 48.0 Å². The lowest BCUT2D eigenvalue weighted by atomic mass is 11.1. The van der Waals surface area contributed by atoms with Crippen LogP contribution in [0.4, 0.5) is 0 Å². The van der Waals surface area contributed by atoms with Crippen LogP contribution in [0.5, 0.6) is 0 Å². The first kappa shape index (κ1) is 6.41. The van der Waals surface area contributed by atoms with Crippen molar-refractivity contribution in [1.29, 1.82) is 0 Å². The zero-order chi connectivity index (χ0) is 7.68. The van der Waals surface area contributed by atoms with Gasteiger partial charge in [-0.3, -0.25) is 0 Å². The average molecular weight is 153 g/mol. The predicted octanol–water partition coefficient (Wildman–Crippen LogP) is 3.15. The second kappa shape index (κ2) is 2.39. The highest BCUT2D eigenvalue weighted by Gasteiger charge is 1.89. The third kappa shape index (κ3) is 1.12. The number of hydrogen-bond donors (Lipinski definition) is 0. The van der Waals surface area contributed by atoms with E-state index in [9.17, 15) is 0 Å². The average Bonchev–Trinajstić information content (AvgIpc) is 2.04. The van der Waals surface area contributed by atoms with Crippen LogP contribution in [-0.2, 0) is 0 Å². The van der Waals surface area contributed by atoms with Gasteiger partial charge in [-0.25, -0.2) is 0 Å². The molecule has 0 heteroatoms. The van der Waals surface area contributed by atoms with E-state index in [1.54, 1.807) is 0 Å². The molecule has 0 bridgehead atoms. The highest BCUT2D eigenvalue weighted by Crippen LogP contribution is 2.14. The molecule has 0 aliphatic heterocycles. The number of rotatable bonds is 0. The Morgan fingerprint density at radius 1 is 0.818 bits per heavy atom. The van der Waals surface area contributed by atoms with E-state index in [2.05, 4.69) is 49.4 Å². The fraction of sp³-hybridized carbons (Fsp3) is 0.0909. The Kier molecular flexibility index (Phi) is 1.39. The second-order valence-electron chi connectivity index (χ2n) is 2.85. The molecule has 0 radical (unpaired) electrons. The van der Waals surface area contributed by atoms with Crippen molar-refractivity contribution >= 4 is 10.8 Å². The van der Waals surface area contributed by atoms with E-state index >= 15 is 0 Å². The molecule has 0 N–H and O–H groups in total. The van der Waals surface area contributed by atoms with Gasteiger partial charge < -0.3 is 0 Å². The first-order valence-corrected chi connectivity index (χ1v) is 3.82. The summed E-state index contributed by atoms with van der Waals surface area (Å²) in [6.45, 7) is 2.12. The van der Waals surface area contributed by atoms with Crippen LogP contribution in [0.15, 0.2) is 42.5 Å². The van der Waals surface area contributed by atoms with Crippen LogP contribution < -0.4 is 0 Å². The van der Waals surface area contributed by atoms with Crippen LogP contribution in [0.25, 0.3) is 10.8 Å². The quantitative estimate of drug-likeness (QED) is 0.510. The maximum Gasteiger partial charge on any atom is -0.0181 e. The van der Waals surface area contributed by atoms with Crippen molar-refractivity contribution < 1.29 is 0 Å². The Bertz CT molecular complexity index is 374. The van der Waals surface area contributed by atoms with Crippen molar-refractivity contribution in [3.8, 4) is 0 Å². The standard InChI is InChI=1S/C11H10/c1-9-6-7-10-4-2-3-5-11(10)8-9/h2-8H,1H3/i1+1,2+1,3+1,4+1,5+1,6+1,7+1,8+1,9+1,10+1,11+1. The Hall–Kier alpha value is -1.30. The molecule has 0 saturated heterocycles. The van der Waals surface area contributed by atoms with Gasteiger partial charge in [-0.15, -0.1) is 0 Å². The Morgan fingerprint density at radius 2 is 1.55 bits per heavy atom. The molecule has 0 atom stereocenters. The van der Waals surface area contributed by atoms with E-state index in [0.29, 0.717) is 0 Å². The highest BCUT2D eigenvalue weighted by atomic mass is 14.9. The first-order valence-electron chi connectivity index (χ1n) is 3.82. The van der Waals surface area contributed by atoms with Crippen molar-refractivity contribution in [2.45, 2.75) is 6.92 Å². The lowest BCUT2D eigenvalue weighted by Gasteiger charge is -1.96. The lowest BCUT2D eigenvalue weighted by molar-refractivity contribution is 1.51. The summed E-state index contributed by atoms with van der Waals surface area (Å²) in [5.41, 5.74) is 1.32. The molecular weight excluding hydrogens is 143 g/mol. The summed E-state index contributed by atoms with van der Waals surface area (Å²) in [6.07, 6.45) is 0. The zero-order valence-electron chi connectivity index (χ0n) is 6.54. The number of fused-ring (bicyclic) bond motifs is 1. The summed E-state index contributed by atoms with van der Waals surface area (Å²) < 4.78 is 0. The minimum absolute atomic E-state index is 1.32. The van der Waals surface area contributed by atoms with E-state index < -0.39 is 0 Å². The van der Waals surface area contributed by atoms with E-state index in [1.807, 2.05) is 0 Å². The number of aryl methyl sites for hydroxylation is 1. The molecule has 0 unspecified atom stereocenters. The van der Waals surface area contributed by atoms with Crippen molar-refractivity contribution in [2.75, 3.05) is 0 Å². The van der Waals surface area contributed by atoms with E-state index in [-0.39, 0.29) is 0 Å². The van der Waals surface area contributed by atoms with Crippen LogP contribution >= 0.6 is 0 Å². The Labute approximate surface area is 66.5 Å². The topological polar surface area (TPSA) is 0 Å². The monoisotopic (exact) mass is 153 g/mol. The normalized spacial score (nSPS) is 10.3. The maximum absolute atomic E-state index is 2.20. The Balaban J connectivity index is 2.83. The number of benzene rings is 2. The minimum Gasteiger partial charge on any atom is -0.0616 e. The molecule has 2 aromatic carbocycles. The SMILES string of the molecule is [13CH3][13c]1[13cH][13cH][13c]2[13cH][13cH][13cH][13cH][13c]2[13cH]1. The molecule has 2 rings (SSSR count). The smallest absolute Gasteiger partial charge is 0.0181 e. The molecule has 0 fully saturated rings. The fourth-order valence-corrected chi connectivity index (χ4v) is 1.31. The first-order chi connectivity index (χ1) is 5.36. The number of hydrogen-bond acceptors (Lipinski definition) is 0. The minimum atomic E-state index is 1.32. The third-order valence-corrected chi connectivity index (χ3v) is 1.90. The van der Waals surface area contributed by atoms with Gasteiger partial charge in [0.25, 0.3) is 0 Å². The largest absolute Gasteiger partial charge is 0.0616 e. The van der Waals surface area contributed by atoms with Gasteiger partial charge in [-0.05, 0) is 17.7 Å². The van der Waals surface area contributed by atoms with Crippen LogP contribution in [0.3, 0.4) is 0 Å². The fourth-order valence-electron chi connectivity index (χ4n) is 1.31. The summed E-state index contributed by atoms with van der Waals surface area (Å²) in [5.74, 6) is 0. The van der Waals surface area contributed by atoms with Crippen molar-refractivity contribution in [2.24, 2.45) is 0 Å². The summed E-state index contributed by atoms with van der Waals surface area (Å²) >= 11 is 0. The van der Waals surface area contributed by atoms with Crippen LogP contribution in [0.1, 0.15) is 5.56 Å². The van der Waals surface area contributed by atoms with E-state index in [1.165, 1.54) is 16.3 Å². The van der Waals surface area contributed by atoms with E-state index in [0.717, 1.165) is 0 Å². The zero-order valence-corrected chi connectivity index (χ0v) is 6.54. The van der Waals surface area contributed by atoms with Crippen molar-refractivity contribution in [3.05, 3.63) is 48.0 Å². The van der Waals surface area contributed by atoms with E-state index in [4.69, 9.17) is 0 Å². The van der Waals surface area contributed by atoms with Crippen molar-refractivity contribution in [1.82, 2.24) is 0 Å². The lowest BCUT2D eigenvalue weighted by Crippen LogP contribution is -1.73. The molecule has 0 spiro atoms. The molecule has 0 aromatic heterocycles. The molecule has 0 aliphatic carbocycles. The summed E-state index contributed by atoms with van der Waals surface area (Å²) in [7, 11) is 0. The second-order valence-corrected chi connectivity index (χ2v) is 2.85. The van der Waals surface area contributed by atoms with Gasteiger partial charge in [0.15, 0.2) is 0 Å². The van der Waals surface area contributed by atoms with Gasteiger partial charge in [0.2, 0.25) is 0 Å². The van der Waals surface area contributed by atoms with Gasteiger partial charge in [-0.2, -0.15) is 0 Å². The molecule has 54 valence electrons. The highest BCUT2D eigenvalue weighted by molar-refractivity contribution is 5.82. The van der Waals surface area contributed by atoms with Crippen molar-refractivity contribution in [3.63, 3.8) is 0 Å². The van der Waals surface area contributed by atoms with Gasteiger partial charge >= 0.3 is 0 Å². The summed E-state index contributed by atoms with van der Waals surface area (Å²) in [4.78, 5) is 0. The predicted molar refractivity (Wildman–Crippen MR) is 48.7 cm³/mol. The molecule has 2 aromatic rings. The molecular formula is C11H10. The van der Waals surface area contributed by atoms with Gasteiger partial charge in [0.05, 0.1) is 0 Å². The van der Waals surface area contributed by atoms with Gasteiger partial charge in [0.1, 0.15) is 0 Å². The third-order valence-electron chi connectivity index (χ3n) is 1.90. The van der Waals surface area contributed by atoms with Crippen LogP contribution in [0.2, 0.25) is 0 Å².